The van der Waals surface area contributed by atoms with Gasteiger partial charge in [-0.2, -0.15) is 0 Å². The molecule has 0 unspecified atom stereocenters. The van der Waals surface area contributed by atoms with E-state index in [0.29, 0.717) is 11.3 Å². The Hall–Kier alpha value is -1.66. The quantitative estimate of drug-likeness (QED) is 0.665. The van der Waals surface area contributed by atoms with Crippen LogP contribution in [0, 0.1) is 10.1 Å². The van der Waals surface area contributed by atoms with Gasteiger partial charge in [0.1, 0.15) is 5.69 Å². The third-order valence-electron chi connectivity index (χ3n) is 3.93. The summed E-state index contributed by atoms with van der Waals surface area (Å²) in [5.41, 5.74) is 1.31. The van der Waals surface area contributed by atoms with Crippen LogP contribution in [-0.4, -0.2) is 47.7 Å². The van der Waals surface area contributed by atoms with Crippen molar-refractivity contribution in [3.8, 4) is 0 Å². The lowest BCUT2D eigenvalue weighted by Gasteiger charge is -2.35. The van der Waals surface area contributed by atoms with E-state index in [2.05, 4.69) is 16.7 Å². The van der Waals surface area contributed by atoms with Crippen molar-refractivity contribution in [1.82, 2.24) is 4.90 Å². The number of aliphatic hydroxyl groups excluding tert-OH is 1. The van der Waals surface area contributed by atoms with Crippen molar-refractivity contribution in [2.24, 2.45) is 0 Å². The Morgan fingerprint density at radius 3 is 2.52 bits per heavy atom. The van der Waals surface area contributed by atoms with Crippen LogP contribution >= 0.6 is 0 Å². The average molecular weight is 293 g/mol. The molecule has 6 heteroatoms. The van der Waals surface area contributed by atoms with E-state index in [0.717, 1.165) is 39.1 Å². The molecular weight excluding hydrogens is 270 g/mol. The molecule has 0 saturated carbocycles. The number of nitro groups is 1. The molecule has 0 aliphatic carbocycles. The molecule has 116 valence electrons. The fourth-order valence-electron chi connectivity index (χ4n) is 2.74. The zero-order valence-corrected chi connectivity index (χ0v) is 12.7. The summed E-state index contributed by atoms with van der Waals surface area (Å²) in [6.07, 6.45) is 0.433. The molecule has 1 saturated heterocycles. The topological polar surface area (TPSA) is 69.8 Å². The molecule has 0 bridgehead atoms. The van der Waals surface area contributed by atoms with E-state index in [4.69, 9.17) is 0 Å². The van der Waals surface area contributed by atoms with Gasteiger partial charge in [-0.05, 0) is 31.5 Å². The number of hydrogen-bond acceptors (Lipinski definition) is 5. The lowest BCUT2D eigenvalue weighted by molar-refractivity contribution is -0.384. The molecule has 1 aromatic rings. The highest BCUT2D eigenvalue weighted by Gasteiger charge is 2.24. The third kappa shape index (κ3) is 3.71. The number of rotatable bonds is 5. The highest BCUT2D eigenvalue weighted by molar-refractivity contribution is 5.64. The first kappa shape index (κ1) is 15.7. The number of benzene rings is 1. The van der Waals surface area contributed by atoms with E-state index >= 15 is 0 Å². The molecule has 21 heavy (non-hydrogen) atoms. The minimum absolute atomic E-state index is 0.0809. The van der Waals surface area contributed by atoms with Crippen LogP contribution in [-0.2, 0) is 0 Å². The zero-order valence-electron chi connectivity index (χ0n) is 12.7. The van der Waals surface area contributed by atoms with Crippen molar-refractivity contribution in [3.05, 3.63) is 33.9 Å². The summed E-state index contributed by atoms with van der Waals surface area (Å²) in [5.74, 6) is 0. The van der Waals surface area contributed by atoms with E-state index in [1.807, 2.05) is 0 Å². The Balaban J connectivity index is 2.18. The van der Waals surface area contributed by atoms with Crippen molar-refractivity contribution < 1.29 is 10.0 Å². The molecule has 1 fully saturated rings. The summed E-state index contributed by atoms with van der Waals surface area (Å²) < 4.78 is 0. The van der Waals surface area contributed by atoms with Crippen LogP contribution in [0.2, 0.25) is 0 Å². The molecule has 1 heterocycles. The summed E-state index contributed by atoms with van der Waals surface area (Å²) in [6, 6.07) is 5.01. The highest BCUT2D eigenvalue weighted by Crippen LogP contribution is 2.31. The van der Waals surface area contributed by atoms with Crippen LogP contribution in [0.25, 0.3) is 0 Å². The van der Waals surface area contributed by atoms with E-state index in [-0.39, 0.29) is 10.6 Å². The molecule has 1 atom stereocenters. The van der Waals surface area contributed by atoms with E-state index in [1.165, 1.54) is 6.07 Å². The van der Waals surface area contributed by atoms with Gasteiger partial charge in [0, 0.05) is 32.2 Å². The first-order chi connectivity index (χ1) is 10.0. The van der Waals surface area contributed by atoms with Crippen LogP contribution in [0.5, 0.6) is 0 Å². The van der Waals surface area contributed by atoms with Gasteiger partial charge >= 0.3 is 0 Å². The van der Waals surface area contributed by atoms with Crippen molar-refractivity contribution >= 4 is 11.4 Å². The first-order valence-electron chi connectivity index (χ1n) is 7.46. The highest BCUT2D eigenvalue weighted by atomic mass is 16.6. The lowest BCUT2D eigenvalue weighted by atomic mass is 10.1. The molecule has 1 N–H and O–H groups in total. The normalized spacial score (nSPS) is 17.8. The first-order valence-corrected chi connectivity index (χ1v) is 7.46. The minimum Gasteiger partial charge on any atom is -0.389 e. The van der Waals surface area contributed by atoms with Crippen LogP contribution < -0.4 is 4.90 Å². The van der Waals surface area contributed by atoms with Gasteiger partial charge in [-0.15, -0.1) is 0 Å². The number of nitrogens with zero attached hydrogens (tertiary/aromatic N) is 3. The fraction of sp³-hybridized carbons (Fsp3) is 0.600. The standard InChI is InChI=1S/C15H23N3O3/c1-3-6-16-7-9-17(10-8-16)14-5-4-13(12(2)19)11-15(14)18(20)21/h4-5,11-12,19H,3,6-10H2,1-2H3/t12-/m0/s1. The summed E-state index contributed by atoms with van der Waals surface area (Å²) in [7, 11) is 0. The van der Waals surface area contributed by atoms with Crippen molar-refractivity contribution in [2.75, 3.05) is 37.6 Å². The Morgan fingerprint density at radius 1 is 1.33 bits per heavy atom. The van der Waals surface area contributed by atoms with E-state index < -0.39 is 6.10 Å². The van der Waals surface area contributed by atoms with Crippen molar-refractivity contribution in [3.63, 3.8) is 0 Å². The number of nitro benzene ring substituents is 1. The van der Waals surface area contributed by atoms with Crippen LogP contribution in [0.3, 0.4) is 0 Å². The van der Waals surface area contributed by atoms with Gasteiger partial charge in [-0.1, -0.05) is 13.0 Å². The Labute approximate surface area is 125 Å². The van der Waals surface area contributed by atoms with Gasteiger partial charge in [-0.3, -0.25) is 15.0 Å². The maximum Gasteiger partial charge on any atom is 0.292 e. The predicted octanol–water partition coefficient (Wildman–Crippen LogP) is 2.18. The van der Waals surface area contributed by atoms with Gasteiger partial charge in [0.25, 0.3) is 5.69 Å². The van der Waals surface area contributed by atoms with E-state index in [1.54, 1.807) is 19.1 Å². The Kier molecular flexibility index (Phi) is 5.14. The molecule has 1 aliphatic heterocycles. The van der Waals surface area contributed by atoms with Gasteiger partial charge in [-0.25, -0.2) is 0 Å². The smallest absolute Gasteiger partial charge is 0.292 e. The second kappa shape index (κ2) is 6.87. The number of piperazine rings is 1. The monoisotopic (exact) mass is 293 g/mol. The van der Waals surface area contributed by atoms with Gasteiger partial charge < -0.3 is 10.0 Å². The van der Waals surface area contributed by atoms with Crippen LogP contribution in [0.4, 0.5) is 11.4 Å². The van der Waals surface area contributed by atoms with E-state index in [9.17, 15) is 15.2 Å². The maximum absolute atomic E-state index is 11.3. The van der Waals surface area contributed by atoms with Crippen molar-refractivity contribution in [1.29, 1.82) is 0 Å². The largest absolute Gasteiger partial charge is 0.389 e. The summed E-state index contributed by atoms with van der Waals surface area (Å²) >= 11 is 0. The molecular formula is C15H23N3O3. The molecule has 0 aromatic heterocycles. The number of hydrogen-bond donors (Lipinski definition) is 1. The molecule has 0 spiro atoms. The second-order valence-electron chi connectivity index (χ2n) is 5.51. The second-order valence-corrected chi connectivity index (χ2v) is 5.51. The predicted molar refractivity (Wildman–Crippen MR) is 82.7 cm³/mol. The average Bonchev–Trinajstić information content (AvgIpc) is 2.47. The van der Waals surface area contributed by atoms with Gasteiger partial charge in [0.2, 0.25) is 0 Å². The van der Waals surface area contributed by atoms with Crippen LogP contribution in [0.15, 0.2) is 18.2 Å². The molecule has 0 radical (unpaired) electrons. The van der Waals surface area contributed by atoms with Gasteiger partial charge in [0.15, 0.2) is 0 Å². The Morgan fingerprint density at radius 2 is 2.00 bits per heavy atom. The summed E-state index contributed by atoms with van der Waals surface area (Å²) in [5, 5.41) is 20.9. The third-order valence-corrected chi connectivity index (χ3v) is 3.93. The maximum atomic E-state index is 11.3. The Bertz CT molecular complexity index is 497. The van der Waals surface area contributed by atoms with Crippen LogP contribution in [0.1, 0.15) is 31.9 Å². The minimum atomic E-state index is -0.695. The number of anilines is 1. The lowest BCUT2D eigenvalue weighted by Crippen LogP contribution is -2.46. The molecule has 2 rings (SSSR count). The fourth-order valence-corrected chi connectivity index (χ4v) is 2.74. The summed E-state index contributed by atoms with van der Waals surface area (Å²) in [6.45, 7) is 8.32. The molecule has 0 amide bonds. The zero-order chi connectivity index (χ0) is 15.4. The molecule has 1 aliphatic rings. The molecule has 6 nitrogen and oxygen atoms in total. The van der Waals surface area contributed by atoms with Crippen molar-refractivity contribution in [2.45, 2.75) is 26.4 Å². The number of aliphatic hydroxyl groups is 1. The van der Waals surface area contributed by atoms with Gasteiger partial charge in [0.05, 0.1) is 11.0 Å². The SMILES string of the molecule is CCCN1CCN(c2ccc([C@H](C)O)cc2[N+](=O)[O-])CC1. The molecule has 1 aromatic carbocycles. The summed E-state index contributed by atoms with van der Waals surface area (Å²) in [4.78, 5) is 15.4.